The zero-order chi connectivity index (χ0) is 12.3. The van der Waals surface area contributed by atoms with E-state index < -0.39 is 0 Å². The van der Waals surface area contributed by atoms with Crippen LogP contribution in [0.2, 0.25) is 0 Å². The maximum atomic E-state index is 13.4. The van der Waals surface area contributed by atoms with Crippen LogP contribution >= 0.6 is 12.4 Å². The van der Waals surface area contributed by atoms with Crippen molar-refractivity contribution in [3.05, 3.63) is 35.6 Å². The molecule has 1 saturated heterocycles. The summed E-state index contributed by atoms with van der Waals surface area (Å²) in [6, 6.07) is 6.46. The Labute approximate surface area is 113 Å². The highest BCUT2D eigenvalue weighted by Crippen LogP contribution is 2.12. The maximum absolute atomic E-state index is 13.4. The second-order valence-corrected chi connectivity index (χ2v) is 4.51. The highest BCUT2D eigenvalue weighted by molar-refractivity contribution is 5.85. The molecule has 3 nitrogen and oxygen atoms in total. The number of amides is 1. The highest BCUT2D eigenvalue weighted by atomic mass is 35.5. The minimum atomic E-state index is -0.317. The molecule has 5 heteroatoms. The molecular weight excluding hydrogens is 255 g/mol. The second kappa shape index (κ2) is 6.71. The van der Waals surface area contributed by atoms with Gasteiger partial charge < -0.3 is 10.6 Å². The Morgan fingerprint density at radius 2 is 2.17 bits per heavy atom. The summed E-state index contributed by atoms with van der Waals surface area (Å²) in [4.78, 5) is 13.7. The van der Waals surface area contributed by atoms with Gasteiger partial charge in [0.05, 0.1) is 6.42 Å². The van der Waals surface area contributed by atoms with Gasteiger partial charge >= 0.3 is 0 Å². The topological polar surface area (TPSA) is 46.3 Å². The number of benzene rings is 1. The van der Waals surface area contributed by atoms with Crippen molar-refractivity contribution in [1.29, 1.82) is 0 Å². The smallest absolute Gasteiger partial charge is 0.227 e. The van der Waals surface area contributed by atoms with Crippen LogP contribution in [0.1, 0.15) is 18.4 Å². The average molecular weight is 273 g/mol. The summed E-state index contributed by atoms with van der Waals surface area (Å²) in [5.74, 6) is -0.354. The lowest BCUT2D eigenvalue weighted by Gasteiger charge is -2.30. The molecule has 0 unspecified atom stereocenters. The van der Waals surface area contributed by atoms with Crippen molar-refractivity contribution < 1.29 is 9.18 Å². The molecule has 0 radical (unpaired) electrons. The van der Waals surface area contributed by atoms with Gasteiger partial charge in [0.15, 0.2) is 0 Å². The third kappa shape index (κ3) is 3.68. The van der Waals surface area contributed by atoms with Crippen LogP contribution in [0.15, 0.2) is 24.3 Å². The van der Waals surface area contributed by atoms with E-state index in [0.717, 1.165) is 19.4 Å². The lowest BCUT2D eigenvalue weighted by molar-refractivity contribution is -0.131. The molecule has 1 aliphatic heterocycles. The molecule has 1 amide bonds. The molecule has 0 aromatic heterocycles. The molecule has 1 fully saturated rings. The van der Waals surface area contributed by atoms with Gasteiger partial charge in [-0.25, -0.2) is 4.39 Å². The molecule has 100 valence electrons. The molecule has 1 aromatic carbocycles. The predicted octanol–water partition coefficient (Wildman–Crippen LogP) is 1.74. The first-order valence-corrected chi connectivity index (χ1v) is 5.93. The van der Waals surface area contributed by atoms with Gasteiger partial charge in [-0.1, -0.05) is 18.2 Å². The van der Waals surface area contributed by atoms with E-state index in [1.807, 2.05) is 0 Å². The second-order valence-electron chi connectivity index (χ2n) is 4.51. The number of carbonyl (C=O) groups is 1. The van der Waals surface area contributed by atoms with Crippen molar-refractivity contribution in [2.75, 3.05) is 13.1 Å². The van der Waals surface area contributed by atoms with Gasteiger partial charge in [0.2, 0.25) is 5.91 Å². The third-order valence-corrected chi connectivity index (χ3v) is 3.11. The van der Waals surface area contributed by atoms with E-state index >= 15 is 0 Å². The summed E-state index contributed by atoms with van der Waals surface area (Å²) in [6.45, 7) is 1.33. The first-order chi connectivity index (χ1) is 8.16. The quantitative estimate of drug-likeness (QED) is 0.891. The van der Waals surface area contributed by atoms with E-state index in [9.17, 15) is 9.18 Å². The molecule has 18 heavy (non-hydrogen) atoms. The van der Waals surface area contributed by atoms with Crippen LogP contribution in [0.25, 0.3) is 0 Å². The summed E-state index contributed by atoms with van der Waals surface area (Å²) in [5, 5.41) is 0. The Balaban J connectivity index is 0.00000162. The first-order valence-electron chi connectivity index (χ1n) is 5.93. The number of carbonyl (C=O) groups excluding carboxylic acids is 1. The van der Waals surface area contributed by atoms with Crippen molar-refractivity contribution in [3.8, 4) is 0 Å². The van der Waals surface area contributed by atoms with E-state index in [2.05, 4.69) is 0 Å². The van der Waals surface area contributed by atoms with Crippen molar-refractivity contribution in [1.82, 2.24) is 4.90 Å². The zero-order valence-electron chi connectivity index (χ0n) is 10.1. The Morgan fingerprint density at radius 3 is 2.83 bits per heavy atom. The first kappa shape index (κ1) is 14.9. The van der Waals surface area contributed by atoms with Gasteiger partial charge in [-0.3, -0.25) is 4.79 Å². The lowest BCUT2D eigenvalue weighted by atomic mass is 10.0. The predicted molar refractivity (Wildman–Crippen MR) is 71.1 cm³/mol. The van der Waals surface area contributed by atoms with Crippen LogP contribution in [0.4, 0.5) is 4.39 Å². The molecule has 1 aromatic rings. The van der Waals surface area contributed by atoms with Crippen LogP contribution < -0.4 is 5.73 Å². The Morgan fingerprint density at radius 1 is 1.44 bits per heavy atom. The zero-order valence-corrected chi connectivity index (χ0v) is 11.0. The molecule has 1 atom stereocenters. The number of piperidine rings is 1. The van der Waals surface area contributed by atoms with E-state index in [0.29, 0.717) is 12.1 Å². The van der Waals surface area contributed by atoms with E-state index in [-0.39, 0.29) is 36.6 Å². The minimum absolute atomic E-state index is 0. The van der Waals surface area contributed by atoms with Gasteiger partial charge in [0.1, 0.15) is 5.82 Å². The summed E-state index contributed by atoms with van der Waals surface area (Å²) in [7, 11) is 0. The van der Waals surface area contributed by atoms with Gasteiger partial charge in [0.25, 0.3) is 0 Å². The summed E-state index contributed by atoms with van der Waals surface area (Å²) >= 11 is 0. The van der Waals surface area contributed by atoms with Crippen LogP contribution in [-0.4, -0.2) is 29.9 Å². The fraction of sp³-hybridized carbons (Fsp3) is 0.462. The number of nitrogens with zero attached hydrogens (tertiary/aromatic N) is 1. The van der Waals surface area contributed by atoms with E-state index in [1.165, 1.54) is 6.07 Å². The monoisotopic (exact) mass is 272 g/mol. The Kier molecular flexibility index (Phi) is 5.56. The van der Waals surface area contributed by atoms with Crippen molar-refractivity contribution in [2.24, 2.45) is 5.73 Å². The average Bonchev–Trinajstić information content (AvgIpc) is 2.32. The number of likely N-dealkylation sites (tertiary alicyclic amines) is 1. The molecule has 1 heterocycles. The van der Waals surface area contributed by atoms with Crippen LogP contribution in [0, 0.1) is 5.82 Å². The number of hydrogen-bond acceptors (Lipinski definition) is 2. The molecule has 0 saturated carbocycles. The molecular formula is C13H18ClFN2O. The molecule has 1 aliphatic rings. The van der Waals surface area contributed by atoms with Crippen LogP contribution in [0.3, 0.4) is 0 Å². The van der Waals surface area contributed by atoms with E-state index in [1.54, 1.807) is 23.1 Å². The number of halogens is 2. The Bertz CT molecular complexity index is 414. The standard InChI is InChI=1S/C13H17FN2O.ClH/c14-12-6-2-1-4-10(12)8-13(17)16-7-3-5-11(15)9-16;/h1-2,4,6,11H,3,5,7-9,15H2;1H/t11-;/m1./s1. The number of rotatable bonds is 2. The van der Waals surface area contributed by atoms with Gasteiger partial charge in [-0.05, 0) is 24.5 Å². The van der Waals surface area contributed by atoms with Crippen molar-refractivity contribution in [2.45, 2.75) is 25.3 Å². The van der Waals surface area contributed by atoms with Crippen LogP contribution in [0.5, 0.6) is 0 Å². The molecule has 2 rings (SSSR count). The maximum Gasteiger partial charge on any atom is 0.227 e. The number of nitrogens with two attached hydrogens (primary N) is 1. The van der Waals surface area contributed by atoms with E-state index in [4.69, 9.17) is 5.73 Å². The summed E-state index contributed by atoms with van der Waals surface area (Å²) in [5.41, 5.74) is 6.27. The summed E-state index contributed by atoms with van der Waals surface area (Å²) in [6.07, 6.45) is 2.02. The fourth-order valence-corrected chi connectivity index (χ4v) is 2.15. The molecule has 0 bridgehead atoms. The van der Waals surface area contributed by atoms with Gasteiger partial charge in [-0.2, -0.15) is 0 Å². The lowest BCUT2D eigenvalue weighted by Crippen LogP contribution is -2.46. The SMILES string of the molecule is Cl.N[C@@H]1CCCN(C(=O)Cc2ccccc2F)C1. The van der Waals surface area contributed by atoms with Crippen LogP contribution in [-0.2, 0) is 11.2 Å². The highest BCUT2D eigenvalue weighted by Gasteiger charge is 2.21. The normalized spacial score (nSPS) is 19.2. The van der Waals surface area contributed by atoms with Crippen molar-refractivity contribution >= 4 is 18.3 Å². The molecule has 0 aliphatic carbocycles. The van der Waals surface area contributed by atoms with Crippen molar-refractivity contribution in [3.63, 3.8) is 0 Å². The number of hydrogen-bond donors (Lipinski definition) is 1. The van der Waals surface area contributed by atoms with Gasteiger partial charge in [-0.15, -0.1) is 12.4 Å². The third-order valence-electron chi connectivity index (χ3n) is 3.11. The fourth-order valence-electron chi connectivity index (χ4n) is 2.15. The minimum Gasteiger partial charge on any atom is -0.341 e. The summed E-state index contributed by atoms with van der Waals surface area (Å²) < 4.78 is 13.4. The Hall–Kier alpha value is -1.13. The van der Waals surface area contributed by atoms with Gasteiger partial charge in [0, 0.05) is 19.1 Å². The molecule has 2 N–H and O–H groups in total. The molecule has 0 spiro atoms. The largest absolute Gasteiger partial charge is 0.341 e.